The summed E-state index contributed by atoms with van der Waals surface area (Å²) in [6.07, 6.45) is 4.08. The van der Waals surface area contributed by atoms with Gasteiger partial charge in [-0.2, -0.15) is 8.78 Å². The molecular formula is C29H30F2N6O4. The zero-order valence-electron chi connectivity index (χ0n) is 22.5. The summed E-state index contributed by atoms with van der Waals surface area (Å²) in [4.78, 5) is 23.3. The molecule has 2 aromatic heterocycles. The third-order valence-electron chi connectivity index (χ3n) is 6.64. The van der Waals surface area contributed by atoms with Crippen molar-refractivity contribution >= 4 is 34.1 Å². The van der Waals surface area contributed by atoms with Crippen molar-refractivity contribution in [1.82, 2.24) is 19.4 Å². The lowest BCUT2D eigenvalue weighted by atomic mass is 10.1. The second-order valence-corrected chi connectivity index (χ2v) is 9.18. The number of ether oxygens (including phenoxy) is 3. The maximum absolute atomic E-state index is 13.7. The summed E-state index contributed by atoms with van der Waals surface area (Å²) in [5, 5.41) is 6.53. The summed E-state index contributed by atoms with van der Waals surface area (Å²) in [5.74, 6) is 0.640. The highest BCUT2D eigenvalue weighted by Crippen LogP contribution is 2.38. The zero-order chi connectivity index (χ0) is 28.8. The monoisotopic (exact) mass is 564 g/mol. The molecule has 41 heavy (non-hydrogen) atoms. The fraction of sp³-hybridized carbons (Fsp3) is 0.276. The van der Waals surface area contributed by atoms with E-state index in [0.717, 1.165) is 23.7 Å². The highest BCUT2D eigenvalue weighted by atomic mass is 19.3. The summed E-state index contributed by atoms with van der Waals surface area (Å²) in [6.45, 7) is 4.95. The van der Waals surface area contributed by atoms with E-state index in [9.17, 15) is 13.6 Å². The maximum atomic E-state index is 13.7. The van der Waals surface area contributed by atoms with E-state index in [1.807, 2.05) is 0 Å². The van der Waals surface area contributed by atoms with Crippen LogP contribution in [0.2, 0.25) is 0 Å². The number of nitrogens with zero attached hydrogens (tertiary/aromatic N) is 4. The fourth-order valence-corrected chi connectivity index (χ4v) is 4.60. The number of benzene rings is 2. The Bertz CT molecular complexity index is 1540. The Hall–Kier alpha value is -4.55. The molecular weight excluding hydrogens is 534 g/mol. The van der Waals surface area contributed by atoms with Gasteiger partial charge in [0.05, 0.1) is 42.9 Å². The van der Waals surface area contributed by atoms with Crippen LogP contribution in [0.5, 0.6) is 11.5 Å². The van der Waals surface area contributed by atoms with Gasteiger partial charge in [-0.3, -0.25) is 14.3 Å². The Morgan fingerprint density at radius 1 is 1.17 bits per heavy atom. The molecule has 5 rings (SSSR count). The van der Waals surface area contributed by atoms with Crippen LogP contribution in [0.3, 0.4) is 0 Å². The van der Waals surface area contributed by atoms with Crippen LogP contribution in [-0.4, -0.2) is 71.9 Å². The predicted octanol–water partition coefficient (Wildman–Crippen LogP) is 5.08. The molecule has 3 heterocycles. The first-order valence-electron chi connectivity index (χ1n) is 13.0. The molecule has 0 bridgehead atoms. The summed E-state index contributed by atoms with van der Waals surface area (Å²) in [5.41, 5.74) is 2.26. The topological polar surface area (TPSA) is 103 Å². The second kappa shape index (κ2) is 12.7. The van der Waals surface area contributed by atoms with Gasteiger partial charge >= 0.3 is 6.55 Å². The van der Waals surface area contributed by atoms with Gasteiger partial charge in [0, 0.05) is 49.0 Å². The van der Waals surface area contributed by atoms with Crippen LogP contribution in [-0.2, 0) is 9.53 Å². The first-order valence-corrected chi connectivity index (χ1v) is 13.0. The molecule has 12 heteroatoms. The molecule has 0 atom stereocenters. The lowest BCUT2D eigenvalue weighted by Crippen LogP contribution is -2.38. The van der Waals surface area contributed by atoms with Gasteiger partial charge in [0.25, 0.3) is 0 Å². The number of amides is 1. The number of anilines is 3. The maximum Gasteiger partial charge on any atom is 0.319 e. The minimum absolute atomic E-state index is 0.205. The standard InChI is InChI=1S/C29H30F2N6O4/c1-3-27(38)33-23-16-22(25(39-2)17-26(23)41-15-12-36-10-13-40-14-11-36)35-29-32-9-8-21(34-29)20-18-37(28(30)31)24-7-5-4-6-19(20)24/h3-9,16-18,28H,1,10-15H2,2H3,(H,33,38)(H,32,34,35). The van der Waals surface area contributed by atoms with Crippen molar-refractivity contribution in [2.45, 2.75) is 6.55 Å². The third kappa shape index (κ3) is 6.44. The number of rotatable bonds is 11. The Kier molecular flexibility index (Phi) is 8.70. The number of halogens is 2. The molecule has 2 aromatic carbocycles. The number of methoxy groups -OCH3 is 1. The van der Waals surface area contributed by atoms with E-state index in [1.165, 1.54) is 19.5 Å². The first-order chi connectivity index (χ1) is 20.0. The normalized spacial score (nSPS) is 13.8. The number of aromatic nitrogens is 3. The Morgan fingerprint density at radius 3 is 2.73 bits per heavy atom. The zero-order valence-corrected chi connectivity index (χ0v) is 22.5. The van der Waals surface area contributed by atoms with Crippen LogP contribution in [0.25, 0.3) is 22.2 Å². The molecule has 1 amide bonds. The van der Waals surface area contributed by atoms with Gasteiger partial charge < -0.3 is 24.8 Å². The molecule has 0 spiro atoms. The predicted molar refractivity (Wildman–Crippen MR) is 152 cm³/mol. The summed E-state index contributed by atoms with van der Waals surface area (Å²) in [7, 11) is 1.51. The molecule has 0 aliphatic carbocycles. The number of hydrogen-bond donors (Lipinski definition) is 2. The van der Waals surface area contributed by atoms with Crippen molar-refractivity contribution in [2.75, 3.05) is 57.2 Å². The molecule has 1 aliphatic heterocycles. The summed E-state index contributed by atoms with van der Waals surface area (Å²) in [6, 6.07) is 11.9. The summed E-state index contributed by atoms with van der Waals surface area (Å²) >= 11 is 0. The van der Waals surface area contributed by atoms with Crippen molar-refractivity contribution in [1.29, 1.82) is 0 Å². The van der Waals surface area contributed by atoms with E-state index in [2.05, 4.69) is 32.1 Å². The molecule has 1 fully saturated rings. The van der Waals surface area contributed by atoms with Crippen LogP contribution >= 0.6 is 0 Å². The average molecular weight is 565 g/mol. The van der Waals surface area contributed by atoms with Gasteiger partial charge in [-0.05, 0) is 24.3 Å². The number of fused-ring (bicyclic) bond motifs is 1. The van der Waals surface area contributed by atoms with Crippen molar-refractivity contribution in [3.63, 3.8) is 0 Å². The molecule has 214 valence electrons. The first kappa shape index (κ1) is 28.0. The van der Waals surface area contributed by atoms with Gasteiger partial charge in [-0.1, -0.05) is 24.8 Å². The molecule has 0 saturated carbocycles. The molecule has 0 radical (unpaired) electrons. The largest absolute Gasteiger partial charge is 0.494 e. The van der Waals surface area contributed by atoms with Crippen molar-refractivity contribution in [2.24, 2.45) is 0 Å². The van der Waals surface area contributed by atoms with E-state index < -0.39 is 12.5 Å². The molecule has 10 nitrogen and oxygen atoms in total. The highest BCUT2D eigenvalue weighted by molar-refractivity contribution is 6.00. The lowest BCUT2D eigenvalue weighted by molar-refractivity contribution is -0.111. The number of carbonyl (C=O) groups excluding carboxylic acids is 1. The molecule has 1 aliphatic rings. The van der Waals surface area contributed by atoms with Crippen molar-refractivity contribution in [3.8, 4) is 22.8 Å². The smallest absolute Gasteiger partial charge is 0.319 e. The average Bonchev–Trinajstić information content (AvgIpc) is 3.39. The van der Waals surface area contributed by atoms with E-state index in [4.69, 9.17) is 14.2 Å². The Balaban J connectivity index is 1.42. The van der Waals surface area contributed by atoms with E-state index in [1.54, 1.807) is 42.5 Å². The van der Waals surface area contributed by atoms with Gasteiger partial charge in [0.15, 0.2) is 0 Å². The number of nitrogens with one attached hydrogen (secondary N) is 2. The van der Waals surface area contributed by atoms with Gasteiger partial charge in [0.2, 0.25) is 11.9 Å². The van der Waals surface area contributed by atoms with Crippen LogP contribution in [0.15, 0.2) is 67.5 Å². The van der Waals surface area contributed by atoms with Crippen molar-refractivity contribution in [3.05, 3.63) is 67.5 Å². The van der Waals surface area contributed by atoms with Crippen LogP contribution in [0.4, 0.5) is 26.1 Å². The lowest BCUT2D eigenvalue weighted by Gasteiger charge is -2.26. The fourth-order valence-electron chi connectivity index (χ4n) is 4.60. The van der Waals surface area contributed by atoms with E-state index in [0.29, 0.717) is 71.4 Å². The molecule has 0 unspecified atom stereocenters. The highest BCUT2D eigenvalue weighted by Gasteiger charge is 2.18. The van der Waals surface area contributed by atoms with Gasteiger partial charge in [-0.25, -0.2) is 9.97 Å². The van der Waals surface area contributed by atoms with Gasteiger partial charge in [-0.15, -0.1) is 0 Å². The quantitative estimate of drug-likeness (QED) is 0.243. The molecule has 4 aromatic rings. The van der Waals surface area contributed by atoms with Gasteiger partial charge in [0.1, 0.15) is 18.1 Å². The molecule has 1 saturated heterocycles. The Morgan fingerprint density at radius 2 is 1.98 bits per heavy atom. The summed E-state index contributed by atoms with van der Waals surface area (Å²) < 4.78 is 45.3. The Labute approximate surface area is 235 Å². The van der Waals surface area contributed by atoms with Crippen molar-refractivity contribution < 1.29 is 27.8 Å². The van der Waals surface area contributed by atoms with Crippen LogP contribution < -0.4 is 20.1 Å². The number of hydrogen-bond acceptors (Lipinski definition) is 8. The minimum atomic E-state index is -2.70. The van der Waals surface area contributed by atoms with E-state index >= 15 is 0 Å². The third-order valence-corrected chi connectivity index (χ3v) is 6.64. The van der Waals surface area contributed by atoms with Crippen LogP contribution in [0, 0.1) is 0 Å². The molecule has 2 N–H and O–H groups in total. The number of para-hydroxylation sites is 1. The number of alkyl halides is 2. The second-order valence-electron chi connectivity index (χ2n) is 9.18. The number of morpholine rings is 1. The minimum Gasteiger partial charge on any atom is -0.494 e. The number of carbonyl (C=O) groups is 1. The van der Waals surface area contributed by atoms with E-state index in [-0.39, 0.29) is 5.95 Å². The SMILES string of the molecule is C=CC(=O)Nc1cc(Nc2nccc(-c3cn(C(F)F)c4ccccc34)n2)c(OC)cc1OCCN1CCOCC1. The van der Waals surface area contributed by atoms with Crippen LogP contribution in [0.1, 0.15) is 6.55 Å².